The van der Waals surface area contributed by atoms with Crippen LogP contribution in [0.5, 0.6) is 0 Å². The minimum absolute atomic E-state index is 0.0521. The predicted octanol–water partition coefficient (Wildman–Crippen LogP) is 1.63. The zero-order valence-corrected chi connectivity index (χ0v) is 11.8. The van der Waals surface area contributed by atoms with Gasteiger partial charge in [0.15, 0.2) is 0 Å². The minimum Gasteiger partial charge on any atom is -0.463 e. The Labute approximate surface area is 118 Å². The fourth-order valence-electron chi connectivity index (χ4n) is 1.02. The summed E-state index contributed by atoms with van der Waals surface area (Å²) in [5.74, 6) is -5.88. The van der Waals surface area contributed by atoms with Crippen molar-refractivity contribution in [3.05, 3.63) is 12.2 Å². The van der Waals surface area contributed by atoms with Crippen molar-refractivity contribution in [3.63, 3.8) is 0 Å². The predicted molar refractivity (Wildman–Crippen MR) is 62.7 cm³/mol. The van der Waals surface area contributed by atoms with E-state index in [2.05, 4.69) is 16.1 Å². The second-order valence-corrected chi connectivity index (χ2v) is 5.29. The van der Waals surface area contributed by atoms with Crippen molar-refractivity contribution in [2.45, 2.75) is 24.5 Å². The van der Waals surface area contributed by atoms with Crippen LogP contribution in [0.3, 0.4) is 0 Å². The molecule has 21 heavy (non-hydrogen) atoms. The summed E-state index contributed by atoms with van der Waals surface area (Å²) in [6.07, 6.45) is -1.68. The average Bonchev–Trinajstić information content (AvgIpc) is 2.33. The van der Waals surface area contributed by atoms with Crippen LogP contribution in [0, 0.1) is 0 Å². The monoisotopic (exact) mass is 338 g/mol. The van der Waals surface area contributed by atoms with Gasteiger partial charge < -0.3 is 9.47 Å². The number of hydrogen-bond acceptors (Lipinski definition) is 5. The van der Waals surface area contributed by atoms with Crippen molar-refractivity contribution < 1.29 is 44.8 Å². The van der Waals surface area contributed by atoms with E-state index in [1.807, 2.05) is 0 Å². The van der Waals surface area contributed by atoms with Gasteiger partial charge in [-0.2, -0.15) is 26.0 Å². The summed E-state index contributed by atoms with van der Waals surface area (Å²) >= 11 is 0. The molecule has 6 nitrogen and oxygen atoms in total. The van der Waals surface area contributed by atoms with Crippen LogP contribution in [0.2, 0.25) is 0 Å². The number of rotatable bonds is 9. The molecule has 0 rings (SSSR count). The maximum Gasteiger partial charge on any atom is 0.431 e. The highest BCUT2D eigenvalue weighted by atomic mass is 32.2. The molecule has 1 N–H and O–H groups in total. The molecule has 0 amide bonds. The maximum absolute atomic E-state index is 13.0. The van der Waals surface area contributed by atoms with Gasteiger partial charge in [-0.05, 0) is 6.92 Å². The number of alkyl halides is 4. The van der Waals surface area contributed by atoms with Gasteiger partial charge in [0.25, 0.3) is 0 Å². The molecular formula is C10H14F4O6S. The molecule has 0 spiro atoms. The highest BCUT2D eigenvalue weighted by Gasteiger charge is 2.65. The van der Waals surface area contributed by atoms with Crippen molar-refractivity contribution in [1.29, 1.82) is 0 Å². The Morgan fingerprint density at radius 1 is 1.29 bits per heavy atom. The first-order valence-electron chi connectivity index (χ1n) is 5.52. The van der Waals surface area contributed by atoms with E-state index in [1.54, 1.807) is 0 Å². The summed E-state index contributed by atoms with van der Waals surface area (Å²) < 4.78 is 89.1. The first-order chi connectivity index (χ1) is 9.37. The quantitative estimate of drug-likeness (QED) is 0.226. The lowest BCUT2D eigenvalue weighted by atomic mass is 10.2. The molecule has 124 valence electrons. The average molecular weight is 338 g/mol. The van der Waals surface area contributed by atoms with E-state index in [0.29, 0.717) is 0 Å². The molecule has 0 bridgehead atoms. The van der Waals surface area contributed by atoms with Crippen LogP contribution >= 0.6 is 0 Å². The molecule has 0 aliphatic rings. The molecule has 0 fully saturated rings. The van der Waals surface area contributed by atoms with E-state index in [4.69, 9.17) is 4.55 Å². The van der Waals surface area contributed by atoms with Gasteiger partial charge in [0.2, 0.25) is 0 Å². The summed E-state index contributed by atoms with van der Waals surface area (Å²) in [5.41, 5.74) is -0.221. The lowest BCUT2D eigenvalue weighted by Gasteiger charge is -2.23. The summed E-state index contributed by atoms with van der Waals surface area (Å²) in [7, 11) is -6.26. The Hall–Kier alpha value is -1.20. The van der Waals surface area contributed by atoms with Crippen LogP contribution in [0.15, 0.2) is 12.2 Å². The summed E-state index contributed by atoms with van der Waals surface area (Å²) in [5, 5.41) is -5.64. The van der Waals surface area contributed by atoms with Gasteiger partial charge in [0, 0.05) is 6.42 Å². The van der Waals surface area contributed by atoms with E-state index >= 15 is 0 Å². The zero-order valence-electron chi connectivity index (χ0n) is 10.9. The SMILES string of the molecule is C=C(COCCC(F)(F)C(F)(F)S(=O)(=O)O)C(=O)OCC. The highest BCUT2D eigenvalue weighted by Crippen LogP contribution is 2.40. The van der Waals surface area contributed by atoms with Gasteiger partial charge >= 0.3 is 27.3 Å². The van der Waals surface area contributed by atoms with Crippen molar-refractivity contribution in [2.24, 2.45) is 0 Å². The molecule has 0 heterocycles. The smallest absolute Gasteiger partial charge is 0.431 e. The van der Waals surface area contributed by atoms with Gasteiger partial charge in [-0.25, -0.2) is 4.79 Å². The third-order valence-corrected chi connectivity index (χ3v) is 3.10. The minimum atomic E-state index is -6.26. The standard InChI is InChI=1S/C10H14F4O6S/c1-3-20-8(15)7(2)6-19-5-4-9(11,12)10(13,14)21(16,17)18/h2-6H2,1H3,(H,16,17,18). The van der Waals surface area contributed by atoms with Crippen molar-refractivity contribution >= 4 is 16.1 Å². The van der Waals surface area contributed by atoms with Gasteiger partial charge in [0.1, 0.15) is 0 Å². The normalized spacial score (nSPS) is 13.0. The van der Waals surface area contributed by atoms with Crippen molar-refractivity contribution in [1.82, 2.24) is 0 Å². The first-order valence-corrected chi connectivity index (χ1v) is 6.96. The molecule has 0 aliphatic carbocycles. The molecule has 0 aliphatic heterocycles. The third-order valence-electron chi connectivity index (χ3n) is 2.15. The van der Waals surface area contributed by atoms with Crippen LogP contribution < -0.4 is 0 Å². The van der Waals surface area contributed by atoms with E-state index in [1.165, 1.54) is 6.92 Å². The molecule has 0 unspecified atom stereocenters. The summed E-state index contributed by atoms with van der Waals surface area (Å²) in [6, 6.07) is 0. The van der Waals surface area contributed by atoms with E-state index in [-0.39, 0.29) is 12.2 Å². The van der Waals surface area contributed by atoms with Gasteiger partial charge in [-0.1, -0.05) is 6.58 Å². The number of esters is 1. The first kappa shape index (κ1) is 19.8. The second-order valence-electron chi connectivity index (χ2n) is 3.82. The summed E-state index contributed by atoms with van der Waals surface area (Å²) in [6.45, 7) is 3.26. The Morgan fingerprint density at radius 2 is 1.81 bits per heavy atom. The zero-order chi connectivity index (χ0) is 16.9. The number of carbonyl (C=O) groups excluding carboxylic acids is 1. The molecule has 0 aromatic carbocycles. The molecule has 0 aromatic rings. The molecule has 0 atom stereocenters. The molecule has 0 aromatic heterocycles. The van der Waals surface area contributed by atoms with Crippen LogP contribution in [-0.4, -0.2) is 49.9 Å². The number of carbonyl (C=O) groups is 1. The maximum atomic E-state index is 13.0. The van der Waals surface area contributed by atoms with Crippen LogP contribution in [0.4, 0.5) is 17.6 Å². The Morgan fingerprint density at radius 3 is 2.24 bits per heavy atom. The molecular weight excluding hydrogens is 324 g/mol. The van der Waals surface area contributed by atoms with Crippen LogP contribution in [-0.2, 0) is 24.4 Å². The molecule has 0 saturated heterocycles. The van der Waals surface area contributed by atoms with Crippen LogP contribution in [0.1, 0.15) is 13.3 Å². The van der Waals surface area contributed by atoms with Crippen molar-refractivity contribution in [2.75, 3.05) is 19.8 Å². The lowest BCUT2D eigenvalue weighted by molar-refractivity contribution is -0.170. The van der Waals surface area contributed by atoms with Gasteiger partial charge in [0.05, 0.1) is 25.4 Å². The van der Waals surface area contributed by atoms with E-state index < -0.39 is 46.9 Å². The van der Waals surface area contributed by atoms with Gasteiger partial charge in [-0.3, -0.25) is 4.55 Å². The number of ether oxygens (including phenoxy) is 2. The number of halogens is 4. The topological polar surface area (TPSA) is 89.9 Å². The van der Waals surface area contributed by atoms with Gasteiger partial charge in [-0.15, -0.1) is 0 Å². The Bertz CT molecular complexity index is 488. The summed E-state index contributed by atoms with van der Waals surface area (Å²) in [4.78, 5) is 11.0. The Balaban J connectivity index is 4.42. The van der Waals surface area contributed by atoms with Crippen molar-refractivity contribution in [3.8, 4) is 0 Å². The van der Waals surface area contributed by atoms with Crippen LogP contribution in [0.25, 0.3) is 0 Å². The molecule has 0 saturated carbocycles. The Kier molecular flexibility index (Phi) is 6.77. The largest absolute Gasteiger partial charge is 0.463 e. The molecule has 11 heteroatoms. The highest BCUT2D eigenvalue weighted by molar-refractivity contribution is 7.87. The fraction of sp³-hybridized carbons (Fsp3) is 0.700. The lowest BCUT2D eigenvalue weighted by Crippen LogP contribution is -2.47. The van der Waals surface area contributed by atoms with E-state index in [9.17, 15) is 30.8 Å². The van der Waals surface area contributed by atoms with E-state index in [0.717, 1.165) is 0 Å². The second kappa shape index (κ2) is 7.18. The fourth-order valence-corrected chi connectivity index (χ4v) is 1.50. The molecule has 0 radical (unpaired) electrons. The third kappa shape index (κ3) is 5.25. The number of hydrogen-bond donors (Lipinski definition) is 1.